The predicted molar refractivity (Wildman–Crippen MR) is 61.3 cm³/mol. The maximum Gasteiger partial charge on any atom is 0.0870 e. The van der Waals surface area contributed by atoms with E-state index in [1.807, 2.05) is 18.2 Å². The van der Waals surface area contributed by atoms with Crippen LogP contribution in [0.3, 0.4) is 0 Å². The van der Waals surface area contributed by atoms with Crippen LogP contribution in [0.5, 0.6) is 0 Å². The molecule has 0 radical (unpaired) electrons. The highest BCUT2D eigenvalue weighted by molar-refractivity contribution is 5.58. The molecule has 0 aromatic heterocycles. The molecule has 4 rings (SSSR count). The van der Waals surface area contributed by atoms with Crippen molar-refractivity contribution in [3.8, 4) is 0 Å². The van der Waals surface area contributed by atoms with Crippen LogP contribution in [0.1, 0.15) is 31.7 Å². The van der Waals surface area contributed by atoms with Gasteiger partial charge in [0.25, 0.3) is 0 Å². The summed E-state index contributed by atoms with van der Waals surface area (Å²) in [6.07, 6.45) is 5.15. The van der Waals surface area contributed by atoms with Crippen molar-refractivity contribution in [2.45, 2.75) is 31.8 Å². The lowest BCUT2D eigenvalue weighted by Gasteiger charge is -2.41. The lowest BCUT2D eigenvalue weighted by atomic mass is 9.68. The highest BCUT2D eigenvalue weighted by Crippen LogP contribution is 2.64. The van der Waals surface area contributed by atoms with Crippen LogP contribution in [0.25, 0.3) is 6.08 Å². The number of hydrogen-bond acceptors (Lipinski definition) is 1. The predicted octanol–water partition coefficient (Wildman–Crippen LogP) is 3.00. The van der Waals surface area contributed by atoms with Gasteiger partial charge in [-0.15, -0.1) is 0 Å². The van der Waals surface area contributed by atoms with E-state index < -0.39 is 5.60 Å². The second-order valence-corrected chi connectivity index (χ2v) is 5.45. The molecular weight excluding hydrogens is 184 g/mol. The van der Waals surface area contributed by atoms with Gasteiger partial charge in [-0.1, -0.05) is 43.3 Å². The van der Waals surface area contributed by atoms with E-state index in [0.29, 0.717) is 5.41 Å². The van der Waals surface area contributed by atoms with Crippen LogP contribution in [0.4, 0.5) is 0 Å². The van der Waals surface area contributed by atoms with Gasteiger partial charge in [-0.05, 0) is 35.8 Å². The Balaban J connectivity index is 1.94. The van der Waals surface area contributed by atoms with Crippen LogP contribution in [-0.4, -0.2) is 10.7 Å². The highest BCUT2D eigenvalue weighted by Gasteiger charge is 2.60. The van der Waals surface area contributed by atoms with Crippen LogP contribution >= 0.6 is 0 Å². The van der Waals surface area contributed by atoms with Gasteiger partial charge in [0.2, 0.25) is 0 Å². The zero-order valence-electron chi connectivity index (χ0n) is 9.03. The average molecular weight is 200 g/mol. The molecule has 0 atom stereocenters. The van der Waals surface area contributed by atoms with Gasteiger partial charge >= 0.3 is 0 Å². The maximum atomic E-state index is 10.3. The van der Waals surface area contributed by atoms with E-state index in [1.165, 1.54) is 11.1 Å². The van der Waals surface area contributed by atoms with Crippen molar-refractivity contribution in [3.05, 3.63) is 41.5 Å². The second kappa shape index (κ2) is 2.73. The molecule has 2 bridgehead atoms. The maximum absolute atomic E-state index is 10.3. The first-order chi connectivity index (χ1) is 7.10. The molecule has 3 aliphatic carbocycles. The fourth-order valence-electron chi connectivity index (χ4n) is 3.27. The summed E-state index contributed by atoms with van der Waals surface area (Å²) in [6, 6.07) is 10.3. The smallest absolute Gasteiger partial charge is 0.0870 e. The Bertz CT molecular complexity index is 410. The molecule has 0 saturated heterocycles. The molecule has 1 aromatic carbocycles. The molecule has 0 heterocycles. The summed E-state index contributed by atoms with van der Waals surface area (Å²) >= 11 is 0. The third kappa shape index (κ3) is 1.34. The van der Waals surface area contributed by atoms with Crippen molar-refractivity contribution in [3.63, 3.8) is 0 Å². The molecule has 3 saturated carbocycles. The molecule has 15 heavy (non-hydrogen) atoms. The summed E-state index contributed by atoms with van der Waals surface area (Å²) in [5.74, 6) is 0. The van der Waals surface area contributed by atoms with Crippen LogP contribution in [0.2, 0.25) is 0 Å². The molecule has 0 aliphatic heterocycles. The molecular formula is C14H16O. The normalized spacial score (nSPS) is 40.5. The van der Waals surface area contributed by atoms with Crippen molar-refractivity contribution < 1.29 is 5.11 Å². The monoisotopic (exact) mass is 200 g/mol. The van der Waals surface area contributed by atoms with Gasteiger partial charge in [0, 0.05) is 0 Å². The Kier molecular flexibility index (Phi) is 1.67. The van der Waals surface area contributed by atoms with Crippen molar-refractivity contribution in [1.82, 2.24) is 0 Å². The second-order valence-electron chi connectivity index (χ2n) is 5.45. The van der Waals surface area contributed by atoms with Crippen molar-refractivity contribution >= 4 is 6.08 Å². The quantitative estimate of drug-likeness (QED) is 0.738. The molecule has 3 fully saturated rings. The minimum absolute atomic E-state index is 0.384. The van der Waals surface area contributed by atoms with Crippen molar-refractivity contribution in [1.29, 1.82) is 0 Å². The summed E-state index contributed by atoms with van der Waals surface area (Å²) in [6.45, 7) is 2.27. The topological polar surface area (TPSA) is 20.2 Å². The van der Waals surface area contributed by atoms with Gasteiger partial charge < -0.3 is 5.11 Å². The Morgan fingerprint density at radius 2 is 1.87 bits per heavy atom. The number of benzene rings is 1. The molecule has 1 aromatic rings. The molecule has 3 aliphatic rings. The fourth-order valence-corrected chi connectivity index (χ4v) is 3.27. The SMILES string of the molecule is CC12C/C(=C\c3ccccc3)C(O)(C1)C2. The lowest BCUT2D eigenvalue weighted by molar-refractivity contribution is -0.0410. The molecule has 0 unspecified atom stereocenters. The molecule has 1 N–H and O–H groups in total. The highest BCUT2D eigenvalue weighted by atomic mass is 16.3. The first-order valence-electron chi connectivity index (χ1n) is 5.58. The fraction of sp³-hybridized carbons (Fsp3) is 0.429. The molecule has 1 heteroatoms. The van der Waals surface area contributed by atoms with Gasteiger partial charge in [-0.2, -0.15) is 0 Å². The van der Waals surface area contributed by atoms with E-state index >= 15 is 0 Å². The summed E-state index contributed by atoms with van der Waals surface area (Å²) in [7, 11) is 0. The van der Waals surface area contributed by atoms with E-state index in [2.05, 4.69) is 25.1 Å². The Morgan fingerprint density at radius 1 is 1.20 bits per heavy atom. The van der Waals surface area contributed by atoms with Gasteiger partial charge in [-0.3, -0.25) is 0 Å². The van der Waals surface area contributed by atoms with Crippen LogP contribution in [0, 0.1) is 5.41 Å². The van der Waals surface area contributed by atoms with Gasteiger partial charge in [0.1, 0.15) is 0 Å². The minimum atomic E-state index is -0.468. The summed E-state index contributed by atoms with van der Waals surface area (Å²) in [5.41, 5.74) is 2.35. The van der Waals surface area contributed by atoms with Crippen LogP contribution in [-0.2, 0) is 0 Å². The van der Waals surface area contributed by atoms with Crippen molar-refractivity contribution in [2.24, 2.45) is 5.41 Å². The van der Waals surface area contributed by atoms with E-state index in [0.717, 1.165) is 19.3 Å². The number of aliphatic hydroxyl groups is 1. The lowest BCUT2D eigenvalue weighted by Crippen LogP contribution is -2.41. The minimum Gasteiger partial charge on any atom is -0.385 e. The third-order valence-corrected chi connectivity index (χ3v) is 3.79. The summed E-state index contributed by atoms with van der Waals surface area (Å²) in [4.78, 5) is 0. The van der Waals surface area contributed by atoms with E-state index in [4.69, 9.17) is 0 Å². The summed E-state index contributed by atoms with van der Waals surface area (Å²) < 4.78 is 0. The van der Waals surface area contributed by atoms with Gasteiger partial charge in [0.05, 0.1) is 5.60 Å². The summed E-state index contributed by atoms with van der Waals surface area (Å²) in [5, 5.41) is 10.3. The van der Waals surface area contributed by atoms with E-state index in [1.54, 1.807) is 0 Å². The average Bonchev–Trinajstić information content (AvgIpc) is 2.52. The largest absolute Gasteiger partial charge is 0.385 e. The van der Waals surface area contributed by atoms with E-state index in [9.17, 15) is 5.11 Å². The molecule has 0 spiro atoms. The molecule has 78 valence electrons. The Morgan fingerprint density at radius 3 is 2.40 bits per heavy atom. The first kappa shape index (κ1) is 9.17. The number of fused-ring (bicyclic) bond motifs is 1. The zero-order valence-corrected chi connectivity index (χ0v) is 9.03. The number of hydrogen-bond donors (Lipinski definition) is 1. The van der Waals surface area contributed by atoms with Gasteiger partial charge in [0.15, 0.2) is 0 Å². The van der Waals surface area contributed by atoms with Crippen LogP contribution in [0.15, 0.2) is 35.9 Å². The van der Waals surface area contributed by atoms with Crippen molar-refractivity contribution in [2.75, 3.05) is 0 Å². The van der Waals surface area contributed by atoms with Gasteiger partial charge in [-0.25, -0.2) is 0 Å². The Labute approximate surface area is 90.4 Å². The molecule has 1 nitrogen and oxygen atoms in total. The van der Waals surface area contributed by atoms with E-state index in [-0.39, 0.29) is 0 Å². The Hall–Kier alpha value is -1.08. The first-order valence-corrected chi connectivity index (χ1v) is 5.58. The third-order valence-electron chi connectivity index (χ3n) is 3.79. The van der Waals surface area contributed by atoms with Crippen LogP contribution < -0.4 is 0 Å². The standard InChI is InChI=1S/C14H16O/c1-13-8-12(14(15,9-13)10-13)7-11-5-3-2-4-6-11/h2-7,15H,8-10H2,1H3/b12-7+. The zero-order chi connectivity index (χ0) is 10.5. The molecule has 0 amide bonds. The number of rotatable bonds is 1.